The molecule has 0 spiro atoms. The van der Waals surface area contributed by atoms with Crippen LogP contribution in [0.4, 0.5) is 0 Å². The number of carbonyl (C=O) groups is 2. The van der Waals surface area contributed by atoms with Gasteiger partial charge in [-0.15, -0.1) is 0 Å². The van der Waals surface area contributed by atoms with Gasteiger partial charge in [0.15, 0.2) is 6.10 Å². The number of nitrogens with zero attached hydrogens (tertiary/aromatic N) is 1. The van der Waals surface area contributed by atoms with Crippen LogP contribution in [-0.4, -0.2) is 29.1 Å². The molecule has 1 saturated carbocycles. The molecule has 1 aliphatic carbocycles. The number of carbonyl (C=O) groups excluding carboxylic acids is 2. The molecule has 1 fully saturated rings. The molecule has 1 atom stereocenters. The molecule has 1 heterocycles. The van der Waals surface area contributed by atoms with Crippen molar-refractivity contribution < 1.29 is 14.3 Å². The Morgan fingerprint density at radius 2 is 2.10 bits per heavy atom. The maximum atomic E-state index is 12.2. The lowest BCUT2D eigenvalue weighted by Gasteiger charge is -2.13. The van der Waals surface area contributed by atoms with Gasteiger partial charge < -0.3 is 14.6 Å². The van der Waals surface area contributed by atoms with Crippen LogP contribution >= 0.6 is 0 Å². The van der Waals surface area contributed by atoms with Gasteiger partial charge in [-0.1, -0.05) is 6.92 Å². The molecule has 116 valence electrons. The highest BCUT2D eigenvalue weighted by Gasteiger charge is 2.29. The fourth-order valence-corrected chi connectivity index (χ4v) is 2.55. The van der Waals surface area contributed by atoms with Crippen LogP contribution in [-0.2, 0) is 9.53 Å². The Kier molecular flexibility index (Phi) is 4.70. The van der Waals surface area contributed by atoms with Crippen LogP contribution < -0.4 is 5.32 Å². The molecule has 21 heavy (non-hydrogen) atoms. The predicted octanol–water partition coefficient (Wildman–Crippen LogP) is 2.51. The van der Waals surface area contributed by atoms with E-state index in [0.29, 0.717) is 18.2 Å². The molecule has 0 radical (unpaired) electrons. The van der Waals surface area contributed by atoms with Crippen molar-refractivity contribution in [3.8, 4) is 0 Å². The maximum absolute atomic E-state index is 12.2. The van der Waals surface area contributed by atoms with Gasteiger partial charge in [0.1, 0.15) is 0 Å². The third-order valence-electron chi connectivity index (χ3n) is 3.82. The first-order valence-corrected chi connectivity index (χ1v) is 7.62. The van der Waals surface area contributed by atoms with E-state index in [1.54, 1.807) is 6.92 Å². The van der Waals surface area contributed by atoms with Crippen LogP contribution in [0.15, 0.2) is 6.07 Å². The molecule has 0 aliphatic heterocycles. The van der Waals surface area contributed by atoms with Gasteiger partial charge >= 0.3 is 5.97 Å². The second-order valence-corrected chi connectivity index (χ2v) is 5.72. The number of esters is 1. The zero-order valence-electron chi connectivity index (χ0n) is 13.2. The standard InChI is InChI=1S/C16H24N2O3/c1-5-8-17-15(19)12(4)21-16(20)14-9-10(2)18(11(14)3)13-6-7-13/h9,12-13H,5-8H2,1-4H3,(H,17,19). The molecule has 1 aliphatic rings. The van der Waals surface area contributed by atoms with Crippen LogP contribution in [0.3, 0.4) is 0 Å². The van der Waals surface area contributed by atoms with Crippen molar-refractivity contribution >= 4 is 11.9 Å². The fourth-order valence-electron chi connectivity index (χ4n) is 2.55. The second kappa shape index (κ2) is 6.33. The van der Waals surface area contributed by atoms with Gasteiger partial charge in [0.25, 0.3) is 5.91 Å². The summed E-state index contributed by atoms with van der Waals surface area (Å²) >= 11 is 0. The molecule has 1 aromatic rings. The SMILES string of the molecule is CCCNC(=O)C(C)OC(=O)c1cc(C)n(C2CC2)c1C. The summed E-state index contributed by atoms with van der Waals surface area (Å²) in [5, 5.41) is 2.73. The van der Waals surface area contributed by atoms with E-state index in [9.17, 15) is 9.59 Å². The van der Waals surface area contributed by atoms with Crippen molar-refractivity contribution in [1.29, 1.82) is 0 Å². The Morgan fingerprint density at radius 3 is 2.67 bits per heavy atom. The normalized spacial score (nSPS) is 15.6. The van der Waals surface area contributed by atoms with E-state index < -0.39 is 12.1 Å². The summed E-state index contributed by atoms with van der Waals surface area (Å²) in [7, 11) is 0. The molecule has 0 aromatic carbocycles. The number of ether oxygens (including phenoxy) is 1. The van der Waals surface area contributed by atoms with E-state index in [-0.39, 0.29) is 5.91 Å². The number of nitrogens with one attached hydrogen (secondary N) is 1. The first kappa shape index (κ1) is 15.6. The summed E-state index contributed by atoms with van der Waals surface area (Å²) in [6.45, 7) is 8.10. The zero-order valence-corrected chi connectivity index (χ0v) is 13.2. The van der Waals surface area contributed by atoms with Crippen LogP contribution in [0.2, 0.25) is 0 Å². The number of hydrogen-bond donors (Lipinski definition) is 1. The number of amides is 1. The largest absolute Gasteiger partial charge is 0.449 e. The second-order valence-electron chi connectivity index (χ2n) is 5.72. The Morgan fingerprint density at radius 1 is 1.43 bits per heavy atom. The number of aromatic nitrogens is 1. The van der Waals surface area contributed by atoms with Crippen LogP contribution in [0.25, 0.3) is 0 Å². The summed E-state index contributed by atoms with van der Waals surface area (Å²) in [6, 6.07) is 2.38. The minimum Gasteiger partial charge on any atom is -0.449 e. The average molecular weight is 292 g/mol. The van der Waals surface area contributed by atoms with E-state index in [1.165, 1.54) is 12.8 Å². The van der Waals surface area contributed by atoms with Crippen molar-refractivity contribution in [2.75, 3.05) is 6.54 Å². The van der Waals surface area contributed by atoms with Gasteiger partial charge in [-0.25, -0.2) is 4.79 Å². The van der Waals surface area contributed by atoms with E-state index >= 15 is 0 Å². The molecule has 0 saturated heterocycles. The third kappa shape index (κ3) is 3.46. The molecule has 0 bridgehead atoms. The fraction of sp³-hybridized carbons (Fsp3) is 0.625. The predicted molar refractivity (Wildman–Crippen MR) is 80.4 cm³/mol. The van der Waals surface area contributed by atoms with Gasteiger partial charge in [-0.2, -0.15) is 0 Å². The lowest BCUT2D eigenvalue weighted by Crippen LogP contribution is -2.36. The van der Waals surface area contributed by atoms with Crippen LogP contribution in [0, 0.1) is 13.8 Å². The summed E-state index contributed by atoms with van der Waals surface area (Å²) in [5.74, 6) is -0.671. The molecule has 1 unspecified atom stereocenters. The molecular formula is C16H24N2O3. The molecule has 1 N–H and O–H groups in total. The lowest BCUT2D eigenvalue weighted by atomic mass is 10.2. The smallest absolute Gasteiger partial charge is 0.340 e. The summed E-state index contributed by atoms with van der Waals surface area (Å²) < 4.78 is 7.47. The lowest BCUT2D eigenvalue weighted by molar-refractivity contribution is -0.129. The maximum Gasteiger partial charge on any atom is 0.340 e. The monoisotopic (exact) mass is 292 g/mol. The average Bonchev–Trinajstić information content (AvgIpc) is 3.22. The molecule has 1 aromatic heterocycles. The van der Waals surface area contributed by atoms with Crippen molar-refractivity contribution in [2.45, 2.75) is 59.1 Å². The number of hydrogen-bond acceptors (Lipinski definition) is 3. The summed E-state index contributed by atoms with van der Waals surface area (Å²) in [5.41, 5.74) is 2.57. The first-order chi connectivity index (χ1) is 9.95. The van der Waals surface area contributed by atoms with E-state index in [0.717, 1.165) is 17.8 Å². The zero-order chi connectivity index (χ0) is 15.6. The van der Waals surface area contributed by atoms with Gasteiger partial charge in [-0.3, -0.25) is 4.79 Å². The highest BCUT2D eigenvalue weighted by Crippen LogP contribution is 2.38. The van der Waals surface area contributed by atoms with Crippen LogP contribution in [0.5, 0.6) is 0 Å². The molecule has 1 amide bonds. The number of rotatable bonds is 6. The van der Waals surface area contributed by atoms with Crippen molar-refractivity contribution in [2.24, 2.45) is 0 Å². The topological polar surface area (TPSA) is 60.3 Å². The summed E-state index contributed by atoms with van der Waals surface area (Å²) in [4.78, 5) is 24.0. The highest BCUT2D eigenvalue weighted by molar-refractivity contribution is 5.93. The molecular weight excluding hydrogens is 268 g/mol. The molecule has 2 rings (SSSR count). The van der Waals surface area contributed by atoms with Gasteiger partial charge in [-0.05, 0) is 46.1 Å². The Bertz CT molecular complexity index is 544. The highest BCUT2D eigenvalue weighted by atomic mass is 16.5. The molecule has 5 nitrogen and oxygen atoms in total. The van der Waals surface area contributed by atoms with E-state index in [1.807, 2.05) is 26.8 Å². The van der Waals surface area contributed by atoms with E-state index in [2.05, 4.69) is 9.88 Å². The van der Waals surface area contributed by atoms with Crippen LogP contribution in [0.1, 0.15) is 60.9 Å². The minimum atomic E-state index is -0.770. The quantitative estimate of drug-likeness (QED) is 0.820. The van der Waals surface area contributed by atoms with Crippen molar-refractivity contribution in [3.05, 3.63) is 23.0 Å². The first-order valence-electron chi connectivity index (χ1n) is 7.62. The van der Waals surface area contributed by atoms with Gasteiger partial charge in [0.05, 0.1) is 5.56 Å². The van der Waals surface area contributed by atoms with Gasteiger partial charge in [0, 0.05) is 24.0 Å². The Hall–Kier alpha value is -1.78. The van der Waals surface area contributed by atoms with Gasteiger partial charge in [0.2, 0.25) is 0 Å². The Labute approximate surface area is 125 Å². The van der Waals surface area contributed by atoms with Crippen molar-refractivity contribution in [1.82, 2.24) is 9.88 Å². The Balaban J connectivity index is 2.03. The molecule has 5 heteroatoms. The third-order valence-corrected chi connectivity index (χ3v) is 3.82. The minimum absolute atomic E-state index is 0.249. The van der Waals surface area contributed by atoms with Crippen molar-refractivity contribution in [3.63, 3.8) is 0 Å². The van der Waals surface area contributed by atoms with E-state index in [4.69, 9.17) is 4.74 Å². The summed E-state index contributed by atoms with van der Waals surface area (Å²) in [6.07, 6.45) is 2.42. The number of aryl methyl sites for hydroxylation is 1.